The molecule has 3 rings (SSSR count). The molecule has 0 unspecified atom stereocenters. The maximum absolute atomic E-state index is 12.3. The Hall–Kier alpha value is -2.83. The molecule has 25 heavy (non-hydrogen) atoms. The maximum Gasteiger partial charge on any atom is 0.265 e. The molecule has 0 aliphatic carbocycles. The summed E-state index contributed by atoms with van der Waals surface area (Å²) in [5.41, 5.74) is 0.900. The van der Waals surface area contributed by atoms with Gasteiger partial charge in [0.25, 0.3) is 15.9 Å². The molecule has 0 fully saturated rings. The zero-order valence-electron chi connectivity index (χ0n) is 12.6. The van der Waals surface area contributed by atoms with Gasteiger partial charge >= 0.3 is 0 Å². The van der Waals surface area contributed by atoms with E-state index in [9.17, 15) is 18.0 Å². The van der Waals surface area contributed by atoms with E-state index < -0.39 is 15.9 Å². The average Bonchev–Trinajstić information content (AvgIpc) is 2.60. The number of sulfonamides is 1. The molecule has 126 valence electrons. The van der Waals surface area contributed by atoms with E-state index >= 15 is 0 Å². The minimum absolute atomic E-state index is 0.110. The summed E-state index contributed by atoms with van der Waals surface area (Å²) < 4.78 is 26.5. The fourth-order valence-corrected chi connectivity index (χ4v) is 3.94. The fraction of sp³-hybridized carbons (Fsp3) is 0.0625. The lowest BCUT2D eigenvalue weighted by Crippen LogP contribution is -2.30. The van der Waals surface area contributed by atoms with Crippen molar-refractivity contribution in [2.75, 3.05) is 11.1 Å². The van der Waals surface area contributed by atoms with Crippen LogP contribution < -0.4 is 10.0 Å². The van der Waals surface area contributed by atoms with Crippen LogP contribution >= 0.6 is 11.8 Å². The molecular formula is C16H11N3O4S2. The quantitative estimate of drug-likeness (QED) is 0.846. The average molecular weight is 373 g/mol. The first kappa shape index (κ1) is 17.0. The number of thioether (sulfide) groups is 1. The van der Waals surface area contributed by atoms with E-state index in [2.05, 4.69) is 5.32 Å². The van der Waals surface area contributed by atoms with E-state index in [1.807, 2.05) is 10.8 Å². The molecule has 0 atom stereocenters. The van der Waals surface area contributed by atoms with Crippen LogP contribution in [-0.4, -0.2) is 26.0 Å². The van der Waals surface area contributed by atoms with Crippen LogP contribution in [0.2, 0.25) is 0 Å². The lowest BCUT2D eigenvalue weighted by atomic mass is 10.2. The van der Waals surface area contributed by atoms with Gasteiger partial charge in [-0.3, -0.25) is 9.59 Å². The molecule has 0 spiro atoms. The Labute approximate surface area is 148 Å². The summed E-state index contributed by atoms with van der Waals surface area (Å²) in [5, 5.41) is 11.4. The number of hydrogen-bond acceptors (Lipinski definition) is 6. The SMILES string of the molecule is N#Cc1ccc(S(=O)(=O)NC(=O)c2ccc3c(c2)NC(=O)CS3)cc1. The number of amides is 2. The van der Waals surface area contributed by atoms with Crippen molar-refractivity contribution in [2.24, 2.45) is 0 Å². The highest BCUT2D eigenvalue weighted by molar-refractivity contribution is 8.00. The van der Waals surface area contributed by atoms with Crippen LogP contribution in [0.4, 0.5) is 5.69 Å². The summed E-state index contributed by atoms with van der Waals surface area (Å²) >= 11 is 1.34. The number of anilines is 1. The monoisotopic (exact) mass is 373 g/mol. The van der Waals surface area contributed by atoms with Crippen molar-refractivity contribution in [3.63, 3.8) is 0 Å². The predicted octanol–water partition coefficient (Wildman–Crippen LogP) is 1.72. The highest BCUT2D eigenvalue weighted by atomic mass is 32.2. The van der Waals surface area contributed by atoms with Crippen LogP contribution in [0, 0.1) is 11.3 Å². The van der Waals surface area contributed by atoms with Gasteiger partial charge in [0.05, 0.1) is 28.0 Å². The van der Waals surface area contributed by atoms with Crippen LogP contribution in [0.25, 0.3) is 0 Å². The van der Waals surface area contributed by atoms with Gasteiger partial charge in [0, 0.05) is 10.5 Å². The second-order valence-corrected chi connectivity index (χ2v) is 7.82. The van der Waals surface area contributed by atoms with Gasteiger partial charge in [-0.25, -0.2) is 13.1 Å². The van der Waals surface area contributed by atoms with Crippen molar-refractivity contribution < 1.29 is 18.0 Å². The molecule has 0 saturated carbocycles. The molecule has 2 amide bonds. The normalized spacial score (nSPS) is 13.3. The number of hydrogen-bond donors (Lipinski definition) is 2. The van der Waals surface area contributed by atoms with Gasteiger partial charge in [0.2, 0.25) is 5.91 Å². The first-order valence-corrected chi connectivity index (χ1v) is 9.50. The second-order valence-electron chi connectivity index (χ2n) is 5.12. The van der Waals surface area contributed by atoms with Crippen molar-refractivity contribution in [1.29, 1.82) is 5.26 Å². The summed E-state index contributed by atoms with van der Waals surface area (Å²) in [7, 11) is -4.07. The third kappa shape index (κ3) is 3.65. The Bertz CT molecular complexity index is 1010. The van der Waals surface area contributed by atoms with Crippen molar-refractivity contribution >= 4 is 39.3 Å². The number of benzene rings is 2. The Kier molecular flexibility index (Phi) is 4.48. The Balaban J connectivity index is 1.82. The van der Waals surface area contributed by atoms with E-state index in [0.29, 0.717) is 17.0 Å². The van der Waals surface area contributed by atoms with E-state index in [1.54, 1.807) is 6.07 Å². The lowest BCUT2D eigenvalue weighted by Gasteiger charge is -2.17. The minimum atomic E-state index is -4.07. The molecule has 0 radical (unpaired) electrons. The number of nitrogens with one attached hydrogen (secondary N) is 2. The van der Waals surface area contributed by atoms with Crippen LogP contribution in [0.5, 0.6) is 0 Å². The molecule has 2 aromatic rings. The van der Waals surface area contributed by atoms with Crippen LogP contribution in [-0.2, 0) is 14.8 Å². The second kappa shape index (κ2) is 6.58. The smallest absolute Gasteiger partial charge is 0.265 e. The Morgan fingerprint density at radius 3 is 2.60 bits per heavy atom. The zero-order chi connectivity index (χ0) is 18.0. The van der Waals surface area contributed by atoms with Gasteiger partial charge in [-0.2, -0.15) is 5.26 Å². The van der Waals surface area contributed by atoms with E-state index in [1.165, 1.54) is 48.2 Å². The highest BCUT2D eigenvalue weighted by Gasteiger charge is 2.21. The number of nitrogens with zero attached hydrogens (tertiary/aromatic N) is 1. The topological polar surface area (TPSA) is 116 Å². The number of carbonyl (C=O) groups is 2. The van der Waals surface area contributed by atoms with Gasteiger partial charge in [-0.05, 0) is 42.5 Å². The van der Waals surface area contributed by atoms with Crippen LogP contribution in [0.3, 0.4) is 0 Å². The summed E-state index contributed by atoms with van der Waals surface area (Å²) in [6.45, 7) is 0. The molecule has 1 aliphatic rings. The highest BCUT2D eigenvalue weighted by Crippen LogP contribution is 2.32. The van der Waals surface area contributed by atoms with Crippen molar-refractivity contribution in [3.05, 3.63) is 53.6 Å². The number of rotatable bonds is 3. The summed E-state index contributed by atoms with van der Waals surface area (Å²) in [4.78, 5) is 24.4. The van der Waals surface area contributed by atoms with Crippen molar-refractivity contribution in [3.8, 4) is 6.07 Å². The molecule has 9 heteroatoms. The standard InChI is InChI=1S/C16H11N3O4S2/c17-8-10-1-4-12(5-2-10)25(22,23)19-16(21)11-3-6-14-13(7-11)18-15(20)9-24-14/h1-7H,9H2,(H,18,20)(H,19,21). The third-order valence-electron chi connectivity index (χ3n) is 3.40. The number of nitriles is 1. The lowest BCUT2D eigenvalue weighted by molar-refractivity contribution is -0.113. The molecule has 2 N–H and O–H groups in total. The minimum Gasteiger partial charge on any atom is -0.324 e. The zero-order valence-corrected chi connectivity index (χ0v) is 14.3. The molecular weight excluding hydrogens is 362 g/mol. The largest absolute Gasteiger partial charge is 0.324 e. The third-order valence-corrected chi connectivity index (χ3v) is 5.82. The van der Waals surface area contributed by atoms with Gasteiger partial charge < -0.3 is 5.32 Å². The van der Waals surface area contributed by atoms with E-state index in [-0.39, 0.29) is 16.4 Å². The Morgan fingerprint density at radius 1 is 1.20 bits per heavy atom. The first-order chi connectivity index (χ1) is 11.9. The number of fused-ring (bicyclic) bond motifs is 1. The van der Waals surface area contributed by atoms with Gasteiger partial charge in [-0.1, -0.05) is 0 Å². The van der Waals surface area contributed by atoms with Crippen LogP contribution in [0.1, 0.15) is 15.9 Å². The predicted molar refractivity (Wildman–Crippen MR) is 91.6 cm³/mol. The summed E-state index contributed by atoms with van der Waals surface area (Å²) in [6.07, 6.45) is 0. The van der Waals surface area contributed by atoms with Gasteiger partial charge in [0.15, 0.2) is 0 Å². The number of carbonyl (C=O) groups excluding carboxylic acids is 2. The first-order valence-electron chi connectivity index (χ1n) is 7.03. The molecule has 0 saturated heterocycles. The molecule has 2 aromatic carbocycles. The molecule has 1 heterocycles. The molecule has 0 aromatic heterocycles. The van der Waals surface area contributed by atoms with E-state index in [4.69, 9.17) is 5.26 Å². The maximum atomic E-state index is 12.3. The van der Waals surface area contributed by atoms with Crippen molar-refractivity contribution in [2.45, 2.75) is 9.79 Å². The molecule has 0 bridgehead atoms. The van der Waals surface area contributed by atoms with Crippen molar-refractivity contribution in [1.82, 2.24) is 4.72 Å². The van der Waals surface area contributed by atoms with Gasteiger partial charge in [0.1, 0.15) is 0 Å². The molecule has 7 nitrogen and oxygen atoms in total. The van der Waals surface area contributed by atoms with Gasteiger partial charge in [-0.15, -0.1) is 11.8 Å². The Morgan fingerprint density at radius 2 is 1.92 bits per heavy atom. The van der Waals surface area contributed by atoms with E-state index in [0.717, 1.165) is 4.90 Å². The summed E-state index contributed by atoms with van der Waals surface area (Å²) in [6, 6.07) is 11.7. The fourth-order valence-electron chi connectivity index (χ4n) is 2.17. The van der Waals surface area contributed by atoms with Crippen LogP contribution in [0.15, 0.2) is 52.3 Å². The molecule has 1 aliphatic heterocycles. The summed E-state index contributed by atoms with van der Waals surface area (Å²) in [5.74, 6) is -0.691.